The molecule has 7 aromatic carbocycles. The molecule has 3 atom stereocenters. The van der Waals surface area contributed by atoms with Crippen molar-refractivity contribution >= 4 is 62.0 Å². The zero-order valence-electron chi connectivity index (χ0n) is 35.8. The van der Waals surface area contributed by atoms with Gasteiger partial charge < -0.3 is 14.2 Å². The Hall–Kier alpha value is -6.89. The zero-order chi connectivity index (χ0) is 43.1. The number of fused-ring (bicyclic) bond motifs is 9. The summed E-state index contributed by atoms with van der Waals surface area (Å²) in [5.74, 6) is 0.971. The van der Waals surface area contributed by atoms with Crippen molar-refractivity contribution in [3.63, 3.8) is 0 Å². The largest absolute Gasteiger partial charge is 0.484 e. The van der Waals surface area contributed by atoms with Crippen molar-refractivity contribution in [1.82, 2.24) is 4.57 Å². The highest BCUT2D eigenvalue weighted by molar-refractivity contribution is 14.1. The second-order valence-corrected chi connectivity index (χ2v) is 19.2. The zero-order valence-corrected chi connectivity index (χ0v) is 38.0. The summed E-state index contributed by atoms with van der Waals surface area (Å²) >= 11 is 2.66. The SMILES string of the molecule is IC1C(N(c2ccc(C3=Cc4c(n(-c5ccccc5)c5ccccc45)CC3)cc2)C2C=C3C(=CC2)c2ccccc2C3(c2ccccc2)c2ccccc2)=CC=C2c3ccccc3OC21. The molecular formula is C61H45IN2O. The van der Waals surface area contributed by atoms with Crippen LogP contribution in [0.15, 0.2) is 224 Å². The third-order valence-electron chi connectivity index (χ3n) is 14.5. The summed E-state index contributed by atoms with van der Waals surface area (Å²) in [7, 11) is 0. The summed E-state index contributed by atoms with van der Waals surface area (Å²) < 4.78 is 9.34. The fourth-order valence-electron chi connectivity index (χ4n) is 11.7. The van der Waals surface area contributed by atoms with Crippen LogP contribution in [0.3, 0.4) is 0 Å². The molecule has 0 saturated heterocycles. The number of aromatic nitrogens is 1. The van der Waals surface area contributed by atoms with Gasteiger partial charge in [0.25, 0.3) is 0 Å². The molecule has 312 valence electrons. The Kier molecular flexibility index (Phi) is 9.13. The lowest BCUT2D eigenvalue weighted by molar-refractivity contribution is 0.283. The number of halogens is 1. The standard InChI is InChI=1S/C61H45IN2O/c62-59-57(37-35-51-50-24-12-15-27-58(50)65-60(51)59)63(45-31-28-40(29-32-45)41-30-36-56-52(38-41)49-23-11-14-26-55(49)64(56)44-20-8-3-9-21-44)46-33-34-48-47-22-10-13-25-53(47)61(54(48)39-46,42-16-4-1-5-17-42)43-18-6-2-7-19-43/h1-29,31-32,34-35,37-39,46,59-60H,30,33,36H2. The maximum atomic E-state index is 6.79. The molecule has 65 heavy (non-hydrogen) atoms. The molecule has 0 fully saturated rings. The Morgan fingerprint density at radius 2 is 1.29 bits per heavy atom. The van der Waals surface area contributed by atoms with Crippen LogP contribution in [0.4, 0.5) is 5.69 Å². The maximum absolute atomic E-state index is 6.79. The predicted octanol–water partition coefficient (Wildman–Crippen LogP) is 14.6. The molecule has 0 radical (unpaired) electrons. The highest BCUT2D eigenvalue weighted by atomic mass is 127. The van der Waals surface area contributed by atoms with E-state index < -0.39 is 5.41 Å². The maximum Gasteiger partial charge on any atom is 0.142 e. The van der Waals surface area contributed by atoms with E-state index in [1.807, 2.05) is 0 Å². The summed E-state index contributed by atoms with van der Waals surface area (Å²) in [5.41, 5.74) is 20.2. The molecular weight excluding hydrogens is 904 g/mol. The fourth-order valence-corrected chi connectivity index (χ4v) is 12.7. The summed E-state index contributed by atoms with van der Waals surface area (Å²) in [6.07, 6.45) is 15.1. The first-order valence-corrected chi connectivity index (χ1v) is 24.1. The number of para-hydroxylation sites is 3. The van der Waals surface area contributed by atoms with E-state index in [2.05, 4.69) is 250 Å². The third kappa shape index (κ3) is 5.92. The molecule has 1 aliphatic heterocycles. The first-order valence-electron chi connectivity index (χ1n) is 22.9. The van der Waals surface area contributed by atoms with E-state index in [0.717, 1.165) is 25.0 Å². The van der Waals surface area contributed by atoms with Crippen LogP contribution < -0.4 is 9.64 Å². The number of anilines is 1. The number of hydrogen-bond acceptors (Lipinski definition) is 2. The van der Waals surface area contributed by atoms with Gasteiger partial charge >= 0.3 is 0 Å². The lowest BCUT2D eigenvalue weighted by atomic mass is 9.66. The quantitative estimate of drug-likeness (QED) is 0.117. The minimum atomic E-state index is -0.469. The Bertz CT molecular complexity index is 3300. The number of ether oxygens (including phenoxy) is 1. The number of benzene rings is 7. The minimum absolute atomic E-state index is 0.0449. The van der Waals surface area contributed by atoms with Crippen LogP contribution in [-0.4, -0.2) is 20.6 Å². The molecule has 8 aromatic rings. The van der Waals surface area contributed by atoms with Crippen LogP contribution >= 0.6 is 22.6 Å². The minimum Gasteiger partial charge on any atom is -0.484 e. The van der Waals surface area contributed by atoms with Crippen molar-refractivity contribution in [2.24, 2.45) is 0 Å². The Balaban J connectivity index is 0.950. The van der Waals surface area contributed by atoms with Gasteiger partial charge in [0.15, 0.2) is 0 Å². The Morgan fingerprint density at radius 1 is 0.631 bits per heavy atom. The summed E-state index contributed by atoms with van der Waals surface area (Å²) in [6.45, 7) is 0. The molecule has 0 N–H and O–H groups in total. The molecule has 0 saturated carbocycles. The van der Waals surface area contributed by atoms with Gasteiger partial charge in [0.2, 0.25) is 0 Å². The lowest BCUT2D eigenvalue weighted by Crippen LogP contribution is -2.43. The molecule has 0 spiro atoms. The van der Waals surface area contributed by atoms with Crippen molar-refractivity contribution in [3.05, 3.63) is 268 Å². The molecule has 3 nitrogen and oxygen atoms in total. The van der Waals surface area contributed by atoms with Crippen LogP contribution in [0.1, 0.15) is 57.5 Å². The predicted molar refractivity (Wildman–Crippen MR) is 277 cm³/mol. The Morgan fingerprint density at radius 3 is 2.06 bits per heavy atom. The van der Waals surface area contributed by atoms with E-state index in [4.69, 9.17) is 4.74 Å². The average Bonchev–Trinajstić information content (AvgIpc) is 4.02. The molecule has 0 bridgehead atoms. The van der Waals surface area contributed by atoms with Crippen molar-refractivity contribution in [2.75, 3.05) is 4.90 Å². The van der Waals surface area contributed by atoms with Gasteiger partial charge in [-0.1, -0.05) is 192 Å². The first-order chi connectivity index (χ1) is 32.2. The van der Waals surface area contributed by atoms with Gasteiger partial charge in [-0.25, -0.2) is 0 Å². The molecule has 13 rings (SSSR count). The monoisotopic (exact) mass is 948 g/mol. The Labute approximate surface area is 394 Å². The van der Waals surface area contributed by atoms with Gasteiger partial charge in [-0.2, -0.15) is 0 Å². The number of allylic oxidation sites excluding steroid dienone is 5. The summed E-state index contributed by atoms with van der Waals surface area (Å²) in [5, 5.41) is 1.31. The van der Waals surface area contributed by atoms with E-state index >= 15 is 0 Å². The van der Waals surface area contributed by atoms with E-state index in [1.165, 1.54) is 94.9 Å². The van der Waals surface area contributed by atoms with Crippen LogP contribution in [0.5, 0.6) is 5.75 Å². The number of hydrogen-bond donors (Lipinski definition) is 0. The fraction of sp³-hybridized carbons (Fsp3) is 0.115. The second-order valence-electron chi connectivity index (χ2n) is 17.8. The molecule has 4 heteroatoms. The third-order valence-corrected chi connectivity index (χ3v) is 15.8. The smallest absolute Gasteiger partial charge is 0.142 e. The first kappa shape index (κ1) is 38.6. The van der Waals surface area contributed by atoms with E-state index in [-0.39, 0.29) is 16.1 Å². The van der Waals surface area contributed by atoms with Gasteiger partial charge in [0, 0.05) is 44.9 Å². The van der Waals surface area contributed by atoms with Crippen LogP contribution in [0.2, 0.25) is 0 Å². The summed E-state index contributed by atoms with van der Waals surface area (Å²) in [6, 6.07) is 69.1. The second kappa shape index (κ2) is 15.4. The van der Waals surface area contributed by atoms with Crippen molar-refractivity contribution < 1.29 is 4.74 Å². The topological polar surface area (TPSA) is 17.4 Å². The van der Waals surface area contributed by atoms with Gasteiger partial charge in [0.05, 0.1) is 20.9 Å². The van der Waals surface area contributed by atoms with Crippen LogP contribution in [0.25, 0.3) is 39.4 Å². The molecule has 2 heterocycles. The van der Waals surface area contributed by atoms with Crippen molar-refractivity contribution in [2.45, 2.75) is 40.7 Å². The highest BCUT2D eigenvalue weighted by Crippen LogP contribution is 2.59. The number of rotatable bonds is 7. The highest BCUT2D eigenvalue weighted by Gasteiger charge is 2.50. The van der Waals surface area contributed by atoms with Crippen LogP contribution in [0, 0.1) is 0 Å². The van der Waals surface area contributed by atoms with Gasteiger partial charge in [0.1, 0.15) is 11.9 Å². The molecule has 4 aliphatic carbocycles. The van der Waals surface area contributed by atoms with Crippen molar-refractivity contribution in [3.8, 4) is 11.4 Å². The molecule has 1 aromatic heterocycles. The molecule has 0 amide bonds. The van der Waals surface area contributed by atoms with E-state index in [0.29, 0.717) is 0 Å². The summed E-state index contributed by atoms with van der Waals surface area (Å²) in [4.78, 5) is 2.63. The van der Waals surface area contributed by atoms with E-state index in [9.17, 15) is 0 Å². The van der Waals surface area contributed by atoms with Gasteiger partial charge in [-0.05, 0) is 112 Å². The van der Waals surface area contributed by atoms with Gasteiger partial charge in [-0.3, -0.25) is 0 Å². The lowest BCUT2D eigenvalue weighted by Gasteiger charge is -2.41. The average molecular weight is 949 g/mol. The van der Waals surface area contributed by atoms with Gasteiger partial charge in [-0.15, -0.1) is 0 Å². The number of nitrogens with zero attached hydrogens (tertiary/aromatic N) is 2. The van der Waals surface area contributed by atoms with Crippen molar-refractivity contribution in [1.29, 1.82) is 0 Å². The normalized spacial score (nSPS) is 19.8. The molecule has 5 aliphatic rings. The van der Waals surface area contributed by atoms with Crippen LogP contribution in [-0.2, 0) is 11.8 Å². The van der Waals surface area contributed by atoms with E-state index in [1.54, 1.807) is 0 Å². The number of alkyl halides is 1. The molecule has 3 unspecified atom stereocenters.